The molecule has 0 bridgehead atoms. The molecule has 1 saturated heterocycles. The van der Waals surface area contributed by atoms with Crippen molar-refractivity contribution in [1.82, 2.24) is 35.1 Å². The number of pyridine rings is 1. The molecule has 0 saturated carbocycles. The molecule has 146 valence electrons. The Hall–Kier alpha value is -3.36. The summed E-state index contributed by atoms with van der Waals surface area (Å²) in [4.78, 5) is 23.4. The Bertz CT molecular complexity index is 1100. The molecule has 0 spiro atoms. The van der Waals surface area contributed by atoms with Crippen LogP contribution in [0.5, 0.6) is 0 Å². The van der Waals surface area contributed by atoms with Gasteiger partial charge in [0.2, 0.25) is 5.95 Å². The van der Waals surface area contributed by atoms with Gasteiger partial charge >= 0.3 is 0 Å². The van der Waals surface area contributed by atoms with E-state index < -0.39 is 0 Å². The molecule has 3 aromatic heterocycles. The Morgan fingerprint density at radius 3 is 2.69 bits per heavy atom. The topological polar surface area (TPSA) is 94.6 Å². The number of nitrogens with zero attached hydrogens (tertiary/aromatic N) is 5. The minimum Gasteiger partial charge on any atom is -0.324 e. The summed E-state index contributed by atoms with van der Waals surface area (Å²) in [7, 11) is 0. The molecule has 0 amide bonds. The fourth-order valence-corrected chi connectivity index (χ4v) is 3.55. The predicted octanol–water partition coefficient (Wildman–Crippen LogP) is 2.56. The average molecular weight is 386 g/mol. The largest absolute Gasteiger partial charge is 0.324 e. The van der Waals surface area contributed by atoms with Gasteiger partial charge in [0.25, 0.3) is 0 Å². The lowest BCUT2D eigenvalue weighted by atomic mass is 10.2. The quantitative estimate of drug-likeness (QED) is 0.485. The summed E-state index contributed by atoms with van der Waals surface area (Å²) >= 11 is 0. The van der Waals surface area contributed by atoms with Crippen LogP contribution in [0.15, 0.2) is 55.0 Å². The number of piperazine rings is 1. The van der Waals surface area contributed by atoms with Crippen molar-refractivity contribution in [2.45, 2.75) is 6.54 Å². The molecule has 0 aliphatic carbocycles. The third kappa shape index (κ3) is 4.08. The molecule has 0 atom stereocenters. The van der Waals surface area contributed by atoms with Crippen LogP contribution in [0.2, 0.25) is 0 Å². The second-order valence-electron chi connectivity index (χ2n) is 7.09. The third-order valence-electron chi connectivity index (χ3n) is 4.99. The van der Waals surface area contributed by atoms with Crippen LogP contribution in [0.1, 0.15) is 5.56 Å². The summed E-state index contributed by atoms with van der Waals surface area (Å²) < 4.78 is 0. The molecule has 8 nitrogen and oxygen atoms in total. The van der Waals surface area contributed by atoms with Crippen molar-refractivity contribution in [3.8, 4) is 11.4 Å². The van der Waals surface area contributed by atoms with Crippen molar-refractivity contribution in [1.29, 1.82) is 0 Å². The molecular formula is C21H22N8. The van der Waals surface area contributed by atoms with E-state index in [0.29, 0.717) is 11.8 Å². The van der Waals surface area contributed by atoms with Crippen LogP contribution < -0.4 is 10.6 Å². The zero-order valence-corrected chi connectivity index (χ0v) is 16.0. The second kappa shape index (κ2) is 7.94. The summed E-state index contributed by atoms with van der Waals surface area (Å²) in [6.45, 7) is 5.17. The van der Waals surface area contributed by atoms with Crippen LogP contribution in [0, 0.1) is 0 Å². The van der Waals surface area contributed by atoms with E-state index in [2.05, 4.69) is 52.6 Å². The van der Waals surface area contributed by atoms with Gasteiger partial charge in [-0.3, -0.25) is 4.90 Å². The number of fused-ring (bicyclic) bond motifs is 1. The lowest BCUT2D eigenvalue weighted by Crippen LogP contribution is -2.42. The zero-order chi connectivity index (χ0) is 19.5. The maximum absolute atomic E-state index is 4.62. The molecule has 5 rings (SSSR count). The van der Waals surface area contributed by atoms with E-state index in [0.717, 1.165) is 55.1 Å². The third-order valence-corrected chi connectivity index (χ3v) is 4.99. The van der Waals surface area contributed by atoms with Gasteiger partial charge in [-0.25, -0.2) is 19.9 Å². The van der Waals surface area contributed by atoms with Gasteiger partial charge in [-0.15, -0.1) is 0 Å². The summed E-state index contributed by atoms with van der Waals surface area (Å²) in [6.07, 6.45) is 5.32. The van der Waals surface area contributed by atoms with Crippen LogP contribution in [-0.2, 0) is 6.54 Å². The normalized spacial score (nSPS) is 14.9. The van der Waals surface area contributed by atoms with Crippen LogP contribution in [-0.4, -0.2) is 56.0 Å². The van der Waals surface area contributed by atoms with Gasteiger partial charge in [0.1, 0.15) is 5.82 Å². The predicted molar refractivity (Wildman–Crippen MR) is 113 cm³/mol. The molecule has 1 aliphatic heterocycles. The van der Waals surface area contributed by atoms with E-state index in [-0.39, 0.29) is 0 Å². The van der Waals surface area contributed by atoms with Crippen LogP contribution in [0.3, 0.4) is 0 Å². The summed E-state index contributed by atoms with van der Waals surface area (Å²) in [5.41, 5.74) is 3.99. The fourth-order valence-electron chi connectivity index (χ4n) is 3.55. The Kier molecular flexibility index (Phi) is 4.85. The first kappa shape index (κ1) is 17.7. The number of aromatic amines is 1. The number of aromatic nitrogens is 5. The summed E-state index contributed by atoms with van der Waals surface area (Å²) in [6, 6.07) is 11.9. The number of rotatable bonds is 5. The maximum Gasteiger partial charge on any atom is 0.206 e. The zero-order valence-electron chi connectivity index (χ0n) is 16.0. The number of H-pyrrole nitrogens is 1. The SMILES string of the molecule is c1cnc(-c2ccc3nc(Nc4cc(CN5CCNCC5)ccn4)[nH]c3c2)nc1. The molecular weight excluding hydrogens is 364 g/mol. The summed E-state index contributed by atoms with van der Waals surface area (Å²) in [5.74, 6) is 2.14. The van der Waals surface area contributed by atoms with Crippen LogP contribution >= 0.6 is 0 Å². The number of imidazole rings is 1. The lowest BCUT2D eigenvalue weighted by Gasteiger charge is -2.27. The smallest absolute Gasteiger partial charge is 0.206 e. The van der Waals surface area contributed by atoms with Gasteiger partial charge in [0.05, 0.1) is 11.0 Å². The Labute approximate surface area is 168 Å². The molecule has 0 radical (unpaired) electrons. The lowest BCUT2D eigenvalue weighted by molar-refractivity contribution is 0.233. The van der Waals surface area contributed by atoms with E-state index >= 15 is 0 Å². The molecule has 29 heavy (non-hydrogen) atoms. The van der Waals surface area contributed by atoms with Crippen molar-refractivity contribution in [3.05, 3.63) is 60.6 Å². The number of nitrogens with one attached hydrogen (secondary N) is 3. The Morgan fingerprint density at radius 1 is 0.966 bits per heavy atom. The highest BCUT2D eigenvalue weighted by atomic mass is 15.2. The van der Waals surface area contributed by atoms with Crippen LogP contribution in [0.4, 0.5) is 11.8 Å². The average Bonchev–Trinajstić information content (AvgIpc) is 3.17. The van der Waals surface area contributed by atoms with Gasteiger partial charge in [0, 0.05) is 56.9 Å². The number of anilines is 2. The van der Waals surface area contributed by atoms with Crippen molar-refractivity contribution in [2.24, 2.45) is 0 Å². The van der Waals surface area contributed by atoms with Crippen LogP contribution in [0.25, 0.3) is 22.4 Å². The highest BCUT2D eigenvalue weighted by Gasteiger charge is 2.11. The van der Waals surface area contributed by atoms with Crippen molar-refractivity contribution in [3.63, 3.8) is 0 Å². The monoisotopic (exact) mass is 386 g/mol. The van der Waals surface area contributed by atoms with Gasteiger partial charge in [-0.05, 0) is 42.0 Å². The Balaban J connectivity index is 1.34. The van der Waals surface area contributed by atoms with E-state index in [1.165, 1.54) is 5.56 Å². The molecule has 1 fully saturated rings. The number of hydrogen-bond acceptors (Lipinski definition) is 7. The number of hydrogen-bond donors (Lipinski definition) is 3. The number of benzene rings is 1. The minimum atomic E-state index is 0.665. The molecule has 1 aromatic carbocycles. The molecule has 4 aromatic rings. The standard InChI is InChI=1S/C21H22N8/c1-5-24-20(25-6-1)16-2-3-17-18(13-16)27-21(26-17)28-19-12-15(4-7-23-19)14-29-10-8-22-9-11-29/h1-7,12-13,22H,8-11,14H2,(H2,23,26,27,28). The van der Waals surface area contributed by atoms with Gasteiger partial charge < -0.3 is 15.6 Å². The van der Waals surface area contributed by atoms with Crippen molar-refractivity contribution < 1.29 is 0 Å². The fraction of sp³-hybridized carbons (Fsp3) is 0.238. The highest BCUT2D eigenvalue weighted by Crippen LogP contribution is 2.23. The van der Waals surface area contributed by atoms with Crippen molar-refractivity contribution >= 4 is 22.8 Å². The van der Waals surface area contributed by atoms with Gasteiger partial charge in [-0.2, -0.15) is 0 Å². The van der Waals surface area contributed by atoms with Crippen molar-refractivity contribution in [2.75, 3.05) is 31.5 Å². The Morgan fingerprint density at radius 2 is 1.83 bits per heavy atom. The molecule has 1 aliphatic rings. The van der Waals surface area contributed by atoms with Gasteiger partial charge in [-0.1, -0.05) is 0 Å². The van der Waals surface area contributed by atoms with E-state index in [1.54, 1.807) is 12.4 Å². The first-order valence-corrected chi connectivity index (χ1v) is 9.76. The van der Waals surface area contributed by atoms with E-state index in [9.17, 15) is 0 Å². The molecule has 8 heteroatoms. The summed E-state index contributed by atoms with van der Waals surface area (Å²) in [5, 5.41) is 6.68. The molecule has 3 N–H and O–H groups in total. The van der Waals surface area contributed by atoms with E-state index in [1.807, 2.05) is 30.5 Å². The van der Waals surface area contributed by atoms with E-state index in [4.69, 9.17) is 0 Å². The minimum absolute atomic E-state index is 0.665. The maximum atomic E-state index is 4.62. The molecule has 0 unspecified atom stereocenters. The highest BCUT2D eigenvalue weighted by molar-refractivity contribution is 5.82. The first-order valence-electron chi connectivity index (χ1n) is 9.76. The molecule has 4 heterocycles. The first-order chi connectivity index (χ1) is 14.3. The van der Waals surface area contributed by atoms with Gasteiger partial charge in [0.15, 0.2) is 5.82 Å². The second-order valence-corrected chi connectivity index (χ2v) is 7.09.